The van der Waals surface area contributed by atoms with Gasteiger partial charge in [0, 0.05) is 18.7 Å². The van der Waals surface area contributed by atoms with Gasteiger partial charge in [0.25, 0.3) is 17.7 Å². The zero-order chi connectivity index (χ0) is 22.0. The van der Waals surface area contributed by atoms with Gasteiger partial charge in [-0.1, -0.05) is 36.4 Å². The van der Waals surface area contributed by atoms with Gasteiger partial charge in [-0.3, -0.25) is 19.3 Å². The van der Waals surface area contributed by atoms with Crippen LogP contribution in [-0.4, -0.2) is 42.8 Å². The Balaban J connectivity index is 1.65. The van der Waals surface area contributed by atoms with Gasteiger partial charge in [-0.05, 0) is 48.9 Å². The van der Waals surface area contributed by atoms with Gasteiger partial charge in [-0.25, -0.2) is 0 Å². The van der Waals surface area contributed by atoms with Gasteiger partial charge in [0.2, 0.25) is 0 Å². The fourth-order valence-corrected chi connectivity index (χ4v) is 3.72. The van der Waals surface area contributed by atoms with Crippen molar-refractivity contribution in [1.82, 2.24) is 4.90 Å². The van der Waals surface area contributed by atoms with Crippen LogP contribution in [0.2, 0.25) is 0 Å². The number of fused-ring (bicyclic) bond motifs is 1. The summed E-state index contributed by atoms with van der Waals surface area (Å²) in [5.74, 6) is -0.377. The van der Waals surface area contributed by atoms with Crippen molar-refractivity contribution >= 4 is 23.4 Å². The van der Waals surface area contributed by atoms with E-state index in [0.29, 0.717) is 28.1 Å². The van der Waals surface area contributed by atoms with E-state index < -0.39 is 0 Å². The number of rotatable bonds is 6. The number of anilines is 1. The molecule has 0 atom stereocenters. The first-order valence-electron chi connectivity index (χ1n) is 9.98. The molecule has 0 spiro atoms. The first-order valence-corrected chi connectivity index (χ1v) is 9.98. The van der Waals surface area contributed by atoms with Crippen molar-refractivity contribution in [3.05, 3.63) is 95.1 Å². The Labute approximate surface area is 180 Å². The van der Waals surface area contributed by atoms with E-state index in [4.69, 9.17) is 4.74 Å². The van der Waals surface area contributed by atoms with E-state index in [0.717, 1.165) is 5.56 Å². The van der Waals surface area contributed by atoms with Gasteiger partial charge in [-0.2, -0.15) is 0 Å². The first kappa shape index (κ1) is 20.3. The third-order valence-corrected chi connectivity index (χ3v) is 5.32. The summed E-state index contributed by atoms with van der Waals surface area (Å²) in [5, 5.41) is 0. The van der Waals surface area contributed by atoms with Crippen LogP contribution in [0.25, 0.3) is 0 Å². The number of amides is 3. The largest absolute Gasteiger partial charge is 0.495 e. The summed E-state index contributed by atoms with van der Waals surface area (Å²) in [4.78, 5) is 41.6. The Morgan fingerprint density at radius 2 is 1.52 bits per heavy atom. The number of carbonyl (C=O) groups is 3. The van der Waals surface area contributed by atoms with Crippen molar-refractivity contribution in [2.45, 2.75) is 6.92 Å². The van der Waals surface area contributed by atoms with E-state index in [2.05, 4.69) is 0 Å². The van der Waals surface area contributed by atoms with E-state index in [1.807, 2.05) is 31.2 Å². The number of benzene rings is 3. The maximum atomic E-state index is 13.4. The molecule has 0 saturated carbocycles. The molecular weight excluding hydrogens is 392 g/mol. The number of nitrogens with zero attached hydrogens (tertiary/aromatic N) is 2. The average Bonchev–Trinajstić information content (AvgIpc) is 3.05. The van der Waals surface area contributed by atoms with Gasteiger partial charge in [0.15, 0.2) is 0 Å². The molecule has 0 bridgehead atoms. The quantitative estimate of drug-likeness (QED) is 0.573. The second kappa shape index (κ2) is 8.44. The molecule has 6 heteroatoms. The van der Waals surface area contributed by atoms with Crippen LogP contribution < -0.4 is 9.64 Å². The summed E-state index contributed by atoms with van der Waals surface area (Å²) < 4.78 is 5.52. The molecule has 0 saturated heterocycles. The minimum atomic E-state index is -0.344. The predicted molar refractivity (Wildman–Crippen MR) is 118 cm³/mol. The van der Waals surface area contributed by atoms with Gasteiger partial charge < -0.3 is 9.64 Å². The summed E-state index contributed by atoms with van der Waals surface area (Å²) in [6.45, 7) is 2.15. The molecule has 0 aromatic heterocycles. The van der Waals surface area contributed by atoms with Crippen molar-refractivity contribution in [2.24, 2.45) is 0 Å². The van der Waals surface area contributed by atoms with E-state index >= 15 is 0 Å². The molecule has 3 amide bonds. The molecular formula is C25H22N2O4. The Morgan fingerprint density at radius 3 is 2.13 bits per heavy atom. The lowest BCUT2D eigenvalue weighted by Gasteiger charge is -2.27. The van der Waals surface area contributed by atoms with E-state index in [1.54, 1.807) is 60.5 Å². The summed E-state index contributed by atoms with van der Waals surface area (Å²) >= 11 is 0. The highest BCUT2D eigenvalue weighted by Crippen LogP contribution is 2.31. The highest BCUT2D eigenvalue weighted by atomic mass is 16.5. The fraction of sp³-hybridized carbons (Fsp3) is 0.160. The summed E-state index contributed by atoms with van der Waals surface area (Å²) in [6.07, 6.45) is 0. The molecule has 31 heavy (non-hydrogen) atoms. The molecule has 1 aliphatic heterocycles. The Bertz CT molecular complexity index is 1120. The van der Waals surface area contributed by atoms with Gasteiger partial charge in [-0.15, -0.1) is 0 Å². The number of hydrogen-bond acceptors (Lipinski definition) is 4. The minimum Gasteiger partial charge on any atom is -0.495 e. The van der Waals surface area contributed by atoms with Crippen molar-refractivity contribution < 1.29 is 19.1 Å². The smallest absolute Gasteiger partial charge is 0.261 e. The van der Waals surface area contributed by atoms with Crippen molar-refractivity contribution in [3.8, 4) is 5.75 Å². The number of methoxy groups -OCH3 is 1. The minimum absolute atomic E-state index is 0.0714. The maximum Gasteiger partial charge on any atom is 0.261 e. The number of hydrogen-bond donors (Lipinski definition) is 0. The molecule has 0 aliphatic carbocycles. The van der Waals surface area contributed by atoms with Crippen LogP contribution in [0, 0.1) is 6.92 Å². The molecule has 0 N–H and O–H groups in total. The van der Waals surface area contributed by atoms with Gasteiger partial charge in [0.1, 0.15) is 5.75 Å². The molecule has 0 fully saturated rings. The highest BCUT2D eigenvalue weighted by molar-refractivity contribution is 6.21. The topological polar surface area (TPSA) is 66.9 Å². The van der Waals surface area contributed by atoms with Gasteiger partial charge >= 0.3 is 0 Å². The first-order chi connectivity index (χ1) is 15.0. The van der Waals surface area contributed by atoms with Crippen LogP contribution in [0.15, 0.2) is 72.8 Å². The van der Waals surface area contributed by atoms with E-state index in [-0.39, 0.29) is 30.8 Å². The fourth-order valence-electron chi connectivity index (χ4n) is 3.72. The number of imide groups is 1. The standard InChI is InChI=1S/C25H22N2O4/c1-17-12-13-21(22(16-17)31-2)26(23(28)18-8-4-3-5-9-18)14-15-27-24(29)19-10-6-7-11-20(19)25(27)30/h3-13,16H,14-15H2,1-2H3. The third kappa shape index (κ3) is 3.80. The third-order valence-electron chi connectivity index (χ3n) is 5.32. The maximum absolute atomic E-state index is 13.4. The predicted octanol–water partition coefficient (Wildman–Crippen LogP) is 3.95. The number of ether oxygens (including phenoxy) is 1. The monoisotopic (exact) mass is 414 g/mol. The molecule has 1 aliphatic rings. The second-order valence-corrected chi connectivity index (χ2v) is 7.31. The lowest BCUT2D eigenvalue weighted by atomic mass is 10.1. The molecule has 0 unspecified atom stereocenters. The van der Waals surface area contributed by atoms with Crippen LogP contribution in [0.3, 0.4) is 0 Å². The molecule has 0 radical (unpaired) electrons. The Hall–Kier alpha value is -3.93. The van der Waals surface area contributed by atoms with E-state index in [9.17, 15) is 14.4 Å². The van der Waals surface area contributed by atoms with Crippen LogP contribution in [0.5, 0.6) is 5.75 Å². The normalized spacial score (nSPS) is 12.6. The van der Waals surface area contributed by atoms with Crippen LogP contribution in [-0.2, 0) is 0 Å². The summed E-state index contributed by atoms with van der Waals surface area (Å²) in [6, 6.07) is 21.2. The van der Waals surface area contributed by atoms with Crippen molar-refractivity contribution in [1.29, 1.82) is 0 Å². The van der Waals surface area contributed by atoms with Crippen molar-refractivity contribution in [2.75, 3.05) is 25.1 Å². The zero-order valence-electron chi connectivity index (χ0n) is 17.4. The molecule has 3 aromatic carbocycles. The second-order valence-electron chi connectivity index (χ2n) is 7.31. The molecule has 1 heterocycles. The van der Waals surface area contributed by atoms with Gasteiger partial charge in [0.05, 0.1) is 23.9 Å². The van der Waals surface area contributed by atoms with Crippen LogP contribution in [0.4, 0.5) is 5.69 Å². The SMILES string of the molecule is COc1cc(C)ccc1N(CCN1C(=O)c2ccccc2C1=O)C(=O)c1ccccc1. The molecule has 4 rings (SSSR count). The summed E-state index contributed by atoms with van der Waals surface area (Å²) in [7, 11) is 1.55. The Kier molecular flexibility index (Phi) is 5.54. The molecule has 3 aromatic rings. The van der Waals surface area contributed by atoms with Crippen molar-refractivity contribution in [3.63, 3.8) is 0 Å². The Morgan fingerprint density at radius 1 is 0.903 bits per heavy atom. The molecule has 156 valence electrons. The van der Waals surface area contributed by atoms with E-state index in [1.165, 1.54) is 4.90 Å². The average molecular weight is 414 g/mol. The zero-order valence-corrected chi connectivity index (χ0v) is 17.4. The summed E-state index contributed by atoms with van der Waals surface area (Å²) in [5.41, 5.74) is 2.86. The molecule has 6 nitrogen and oxygen atoms in total. The van der Waals surface area contributed by atoms with Crippen LogP contribution in [0.1, 0.15) is 36.6 Å². The number of aryl methyl sites for hydroxylation is 1. The van der Waals surface area contributed by atoms with Crippen LogP contribution >= 0.6 is 0 Å². The number of carbonyl (C=O) groups excluding carboxylic acids is 3. The lowest BCUT2D eigenvalue weighted by Crippen LogP contribution is -2.41. The lowest BCUT2D eigenvalue weighted by molar-refractivity contribution is 0.0654. The highest BCUT2D eigenvalue weighted by Gasteiger charge is 2.35.